The Hall–Kier alpha value is -2.14. The van der Waals surface area contributed by atoms with E-state index in [1.165, 1.54) is 6.42 Å². The molecule has 0 aliphatic carbocycles. The zero-order valence-corrected chi connectivity index (χ0v) is 11.5. The number of aromatic nitrogens is 4. The molecule has 5 nitrogen and oxygen atoms in total. The summed E-state index contributed by atoms with van der Waals surface area (Å²) in [6.07, 6.45) is 6.49. The summed E-state index contributed by atoms with van der Waals surface area (Å²) in [5.74, 6) is 1.62. The van der Waals surface area contributed by atoms with Crippen LogP contribution >= 0.6 is 11.6 Å². The highest BCUT2D eigenvalue weighted by molar-refractivity contribution is 6.35. The molecule has 20 heavy (non-hydrogen) atoms. The first kappa shape index (κ1) is 11.7. The second kappa shape index (κ2) is 4.45. The number of nitrogens with zero attached hydrogens (tertiary/aromatic N) is 5. The third kappa shape index (κ3) is 1.74. The second-order valence-corrected chi connectivity index (χ2v) is 5.21. The first-order chi connectivity index (χ1) is 9.83. The molecule has 0 saturated carbocycles. The monoisotopic (exact) mass is 285 g/mol. The molecule has 1 fully saturated rings. The summed E-state index contributed by atoms with van der Waals surface area (Å²) in [6.45, 7) is 2.09. The predicted octanol–water partition coefficient (Wildman–Crippen LogP) is 2.68. The highest BCUT2D eigenvalue weighted by atomic mass is 35.5. The smallest absolute Gasteiger partial charge is 0.174 e. The van der Waals surface area contributed by atoms with E-state index in [2.05, 4.69) is 20.0 Å². The van der Waals surface area contributed by atoms with Gasteiger partial charge in [-0.15, -0.1) is 0 Å². The van der Waals surface area contributed by atoms with Gasteiger partial charge in [0.2, 0.25) is 0 Å². The highest BCUT2D eigenvalue weighted by Crippen LogP contribution is 2.25. The Balaban J connectivity index is 1.84. The molecular formula is C14H12ClN5. The molecule has 0 N–H and O–H groups in total. The summed E-state index contributed by atoms with van der Waals surface area (Å²) in [5.41, 5.74) is 0.938. The summed E-state index contributed by atoms with van der Waals surface area (Å²) in [6, 6.07) is 5.75. The van der Waals surface area contributed by atoms with Crippen molar-refractivity contribution in [1.82, 2.24) is 19.7 Å². The molecule has 0 spiro atoms. The van der Waals surface area contributed by atoms with Crippen LogP contribution in [0.1, 0.15) is 6.42 Å². The van der Waals surface area contributed by atoms with Crippen LogP contribution in [-0.4, -0.2) is 32.8 Å². The number of rotatable bonds is 2. The van der Waals surface area contributed by atoms with Crippen LogP contribution in [0.25, 0.3) is 16.7 Å². The molecule has 0 amide bonds. The summed E-state index contributed by atoms with van der Waals surface area (Å²) >= 11 is 6.17. The maximum absolute atomic E-state index is 6.17. The van der Waals surface area contributed by atoms with Gasteiger partial charge in [-0.25, -0.2) is 9.67 Å². The predicted molar refractivity (Wildman–Crippen MR) is 78.5 cm³/mol. The summed E-state index contributed by atoms with van der Waals surface area (Å²) in [5, 5.41) is 6.00. The molecule has 1 aromatic carbocycles. The second-order valence-electron chi connectivity index (χ2n) is 4.81. The lowest BCUT2D eigenvalue weighted by Gasteiger charge is -2.31. The Bertz CT molecular complexity index is 778. The van der Waals surface area contributed by atoms with Crippen molar-refractivity contribution < 1.29 is 0 Å². The molecule has 3 aromatic rings. The lowest BCUT2D eigenvalue weighted by atomic mass is 10.2. The van der Waals surface area contributed by atoms with Crippen LogP contribution in [0, 0.1) is 0 Å². The highest BCUT2D eigenvalue weighted by Gasteiger charge is 2.17. The molecule has 0 bridgehead atoms. The van der Waals surface area contributed by atoms with Gasteiger partial charge in [0.15, 0.2) is 5.82 Å². The largest absolute Gasteiger partial charge is 0.355 e. The Morgan fingerprint density at radius 1 is 1.05 bits per heavy atom. The van der Waals surface area contributed by atoms with Gasteiger partial charge in [0.25, 0.3) is 0 Å². The third-order valence-electron chi connectivity index (χ3n) is 3.57. The zero-order valence-electron chi connectivity index (χ0n) is 10.7. The van der Waals surface area contributed by atoms with Crippen LogP contribution in [0.4, 0.5) is 5.82 Å². The molecule has 4 rings (SSSR count). The van der Waals surface area contributed by atoms with Crippen LogP contribution in [0.2, 0.25) is 5.02 Å². The number of hydrogen-bond donors (Lipinski definition) is 0. The van der Waals surface area contributed by atoms with Crippen molar-refractivity contribution in [2.45, 2.75) is 6.42 Å². The molecular weight excluding hydrogens is 274 g/mol. The van der Waals surface area contributed by atoms with Gasteiger partial charge in [-0.2, -0.15) is 5.10 Å². The van der Waals surface area contributed by atoms with E-state index in [4.69, 9.17) is 11.6 Å². The van der Waals surface area contributed by atoms with Crippen molar-refractivity contribution in [2.24, 2.45) is 0 Å². The number of hydrogen-bond acceptors (Lipinski definition) is 4. The van der Waals surface area contributed by atoms with Crippen LogP contribution in [0.3, 0.4) is 0 Å². The van der Waals surface area contributed by atoms with Gasteiger partial charge in [0, 0.05) is 18.5 Å². The van der Waals surface area contributed by atoms with Crippen molar-refractivity contribution in [3.05, 3.63) is 41.8 Å². The van der Waals surface area contributed by atoms with Crippen LogP contribution in [0.15, 0.2) is 36.8 Å². The van der Waals surface area contributed by atoms with Gasteiger partial charge < -0.3 is 4.90 Å². The van der Waals surface area contributed by atoms with Gasteiger partial charge >= 0.3 is 0 Å². The molecule has 1 aliphatic rings. The van der Waals surface area contributed by atoms with E-state index in [1.54, 1.807) is 23.3 Å². The lowest BCUT2D eigenvalue weighted by Crippen LogP contribution is -2.37. The molecule has 1 saturated heterocycles. The van der Waals surface area contributed by atoms with E-state index in [0.717, 1.165) is 29.8 Å². The number of benzene rings is 1. The Labute approximate surface area is 120 Å². The lowest BCUT2D eigenvalue weighted by molar-refractivity contribution is 0.607. The summed E-state index contributed by atoms with van der Waals surface area (Å²) in [7, 11) is 0. The van der Waals surface area contributed by atoms with E-state index in [1.807, 2.05) is 18.2 Å². The fourth-order valence-electron chi connectivity index (χ4n) is 2.34. The molecule has 1 aliphatic heterocycles. The minimum atomic E-state index is 0.695. The Morgan fingerprint density at radius 3 is 2.70 bits per heavy atom. The SMILES string of the molecule is Clc1cccc2c1cnn2-c1cncc(N2CCC2)n1. The standard InChI is InChI=1S/C14H12ClN5/c15-11-3-1-4-12-10(11)7-17-20(12)14-9-16-8-13(18-14)19-5-2-6-19/h1,3-4,7-9H,2,5-6H2. The van der Waals surface area contributed by atoms with Gasteiger partial charge in [-0.05, 0) is 18.6 Å². The maximum Gasteiger partial charge on any atom is 0.174 e. The first-order valence-electron chi connectivity index (χ1n) is 6.52. The summed E-state index contributed by atoms with van der Waals surface area (Å²) in [4.78, 5) is 11.1. The van der Waals surface area contributed by atoms with E-state index < -0.39 is 0 Å². The van der Waals surface area contributed by atoms with Gasteiger partial charge in [-0.3, -0.25) is 4.98 Å². The van der Waals surface area contributed by atoms with Crippen molar-refractivity contribution in [1.29, 1.82) is 0 Å². The van der Waals surface area contributed by atoms with Crippen molar-refractivity contribution in [3.63, 3.8) is 0 Å². The van der Waals surface area contributed by atoms with Crippen LogP contribution in [-0.2, 0) is 0 Å². The van der Waals surface area contributed by atoms with Gasteiger partial charge in [0.1, 0.15) is 5.82 Å². The summed E-state index contributed by atoms with van der Waals surface area (Å²) < 4.78 is 1.78. The van der Waals surface area contributed by atoms with Crippen molar-refractivity contribution >= 4 is 28.3 Å². The number of fused-ring (bicyclic) bond motifs is 1. The molecule has 0 atom stereocenters. The molecule has 0 unspecified atom stereocenters. The van der Waals surface area contributed by atoms with Crippen molar-refractivity contribution in [2.75, 3.05) is 18.0 Å². The Morgan fingerprint density at radius 2 is 1.90 bits per heavy atom. The first-order valence-corrected chi connectivity index (χ1v) is 6.90. The molecule has 6 heteroatoms. The van der Waals surface area contributed by atoms with Gasteiger partial charge in [-0.1, -0.05) is 17.7 Å². The van der Waals surface area contributed by atoms with Crippen molar-refractivity contribution in [3.8, 4) is 5.82 Å². The Kier molecular flexibility index (Phi) is 2.60. The average molecular weight is 286 g/mol. The number of halogens is 1. The number of anilines is 1. The third-order valence-corrected chi connectivity index (χ3v) is 3.90. The quantitative estimate of drug-likeness (QED) is 0.726. The normalized spacial score (nSPS) is 14.6. The minimum absolute atomic E-state index is 0.695. The van der Waals surface area contributed by atoms with E-state index in [-0.39, 0.29) is 0 Å². The van der Waals surface area contributed by atoms with E-state index in [9.17, 15) is 0 Å². The van der Waals surface area contributed by atoms with Gasteiger partial charge in [0.05, 0.1) is 29.1 Å². The fraction of sp³-hybridized carbons (Fsp3) is 0.214. The molecule has 3 heterocycles. The maximum atomic E-state index is 6.17. The molecule has 0 radical (unpaired) electrons. The average Bonchev–Trinajstić information content (AvgIpc) is 2.82. The molecule has 2 aromatic heterocycles. The topological polar surface area (TPSA) is 46.8 Å². The van der Waals surface area contributed by atoms with Crippen LogP contribution in [0.5, 0.6) is 0 Å². The minimum Gasteiger partial charge on any atom is -0.355 e. The van der Waals surface area contributed by atoms with E-state index in [0.29, 0.717) is 10.8 Å². The van der Waals surface area contributed by atoms with Crippen LogP contribution < -0.4 is 4.90 Å². The van der Waals surface area contributed by atoms with E-state index >= 15 is 0 Å². The molecule has 100 valence electrons. The zero-order chi connectivity index (χ0) is 13.5. The fourth-order valence-corrected chi connectivity index (χ4v) is 2.56.